The molecule has 2 rings (SSSR count). The predicted octanol–water partition coefficient (Wildman–Crippen LogP) is 1.45. The van der Waals surface area contributed by atoms with Crippen molar-refractivity contribution in [2.24, 2.45) is 0 Å². The molecule has 1 aromatic heterocycles. The molecule has 1 unspecified atom stereocenters. The Balaban J connectivity index is 2.28. The minimum absolute atomic E-state index is 0.342. The normalized spacial score (nSPS) is 11.8. The van der Waals surface area contributed by atoms with Gasteiger partial charge in [0, 0.05) is 4.47 Å². The highest BCUT2D eigenvalue weighted by Crippen LogP contribution is 2.20. The van der Waals surface area contributed by atoms with Crippen molar-refractivity contribution in [2.45, 2.75) is 12.5 Å². The number of methoxy groups -OCH3 is 1. The van der Waals surface area contributed by atoms with Crippen LogP contribution in [0.15, 0.2) is 29.0 Å². The molecule has 0 bridgehead atoms. The van der Waals surface area contributed by atoms with E-state index in [-0.39, 0.29) is 0 Å². The van der Waals surface area contributed by atoms with Crippen LogP contribution in [-0.4, -0.2) is 57.2 Å². The molecule has 8 nitrogen and oxygen atoms in total. The van der Waals surface area contributed by atoms with Gasteiger partial charge in [-0.3, -0.25) is 4.79 Å². The number of hydrogen-bond donors (Lipinski definition) is 1. The Morgan fingerprint density at radius 3 is 2.88 bits per heavy atom. The molecule has 0 spiro atoms. The van der Waals surface area contributed by atoms with Crippen molar-refractivity contribution in [1.29, 1.82) is 0 Å². The van der Waals surface area contributed by atoms with Gasteiger partial charge in [-0.25, -0.2) is 4.79 Å². The van der Waals surface area contributed by atoms with E-state index in [0.29, 0.717) is 17.7 Å². The van der Waals surface area contributed by atoms with E-state index in [4.69, 9.17) is 4.74 Å². The van der Waals surface area contributed by atoms with E-state index in [9.17, 15) is 9.59 Å². The molecule has 0 aliphatic heterocycles. The third-order valence-corrected chi connectivity index (χ3v) is 4.34. The van der Waals surface area contributed by atoms with E-state index < -0.39 is 17.9 Å². The van der Waals surface area contributed by atoms with Crippen LogP contribution in [0.25, 0.3) is 5.69 Å². The Morgan fingerprint density at radius 1 is 1.46 bits per heavy atom. The molecule has 0 aliphatic rings. The molecule has 2 aromatic rings. The molecule has 0 saturated heterocycles. The topological polar surface area (TPSA) is 99.0 Å². The van der Waals surface area contributed by atoms with E-state index in [2.05, 4.69) is 36.8 Å². The van der Waals surface area contributed by atoms with Gasteiger partial charge in [-0.15, -0.1) is 5.10 Å². The minimum Gasteiger partial charge on any atom is -0.467 e. The molecule has 0 radical (unpaired) electrons. The highest BCUT2D eigenvalue weighted by Gasteiger charge is 2.23. The quantitative estimate of drug-likeness (QED) is 0.685. The zero-order chi connectivity index (χ0) is 17.5. The van der Waals surface area contributed by atoms with Crippen molar-refractivity contribution < 1.29 is 14.3 Å². The van der Waals surface area contributed by atoms with E-state index in [1.54, 1.807) is 30.0 Å². The number of nitrogens with zero attached hydrogens (tertiary/aromatic N) is 4. The highest BCUT2D eigenvalue weighted by atomic mass is 79.9. The fourth-order valence-corrected chi connectivity index (χ4v) is 2.86. The monoisotopic (exact) mass is 413 g/mol. The average Bonchev–Trinajstić information content (AvgIpc) is 3.11. The maximum absolute atomic E-state index is 12.7. The molecular formula is C14H16BrN5O3S. The van der Waals surface area contributed by atoms with Crippen molar-refractivity contribution in [3.63, 3.8) is 0 Å². The number of aromatic nitrogens is 4. The number of esters is 1. The van der Waals surface area contributed by atoms with Crippen molar-refractivity contribution in [2.75, 3.05) is 19.1 Å². The van der Waals surface area contributed by atoms with E-state index in [1.165, 1.54) is 18.1 Å². The molecule has 1 amide bonds. The maximum atomic E-state index is 12.7. The first-order chi connectivity index (χ1) is 11.6. The molecule has 128 valence electrons. The molecule has 0 aliphatic carbocycles. The lowest BCUT2D eigenvalue weighted by Crippen LogP contribution is -2.42. The summed E-state index contributed by atoms with van der Waals surface area (Å²) >= 11 is 4.93. The van der Waals surface area contributed by atoms with E-state index in [0.717, 1.165) is 10.2 Å². The fraction of sp³-hybridized carbons (Fsp3) is 0.357. The summed E-state index contributed by atoms with van der Waals surface area (Å²) in [6.07, 6.45) is 3.81. The van der Waals surface area contributed by atoms with Crippen LogP contribution in [0, 0.1) is 0 Å². The second-order valence-corrected chi connectivity index (χ2v) is 6.65. The van der Waals surface area contributed by atoms with Crippen molar-refractivity contribution in [3.05, 3.63) is 34.6 Å². The second kappa shape index (κ2) is 8.78. The summed E-state index contributed by atoms with van der Waals surface area (Å²) in [5.41, 5.74) is 0.851. The summed E-state index contributed by atoms with van der Waals surface area (Å²) in [7, 11) is 1.30. The van der Waals surface area contributed by atoms with Crippen LogP contribution in [0.4, 0.5) is 0 Å². The number of rotatable bonds is 7. The first-order valence-corrected chi connectivity index (χ1v) is 9.16. The van der Waals surface area contributed by atoms with Crippen LogP contribution in [0.2, 0.25) is 0 Å². The summed E-state index contributed by atoms with van der Waals surface area (Å²) in [4.78, 5) is 24.6. The first-order valence-electron chi connectivity index (χ1n) is 6.97. The largest absolute Gasteiger partial charge is 0.467 e. The van der Waals surface area contributed by atoms with Crippen LogP contribution < -0.4 is 5.32 Å². The van der Waals surface area contributed by atoms with Gasteiger partial charge in [-0.05, 0) is 47.1 Å². The predicted molar refractivity (Wildman–Crippen MR) is 93.1 cm³/mol. The number of nitrogens with one attached hydrogen (secondary N) is 1. The zero-order valence-electron chi connectivity index (χ0n) is 13.1. The summed E-state index contributed by atoms with van der Waals surface area (Å²) in [6, 6.07) is 4.43. The van der Waals surface area contributed by atoms with Crippen LogP contribution in [0.3, 0.4) is 0 Å². The number of carbonyl (C=O) groups excluding carboxylic acids is 2. The van der Waals surface area contributed by atoms with E-state index in [1.807, 2.05) is 6.26 Å². The number of carbonyl (C=O) groups is 2. The number of hydrogen-bond acceptors (Lipinski definition) is 7. The summed E-state index contributed by atoms with van der Waals surface area (Å²) in [6.45, 7) is 0. The van der Waals surface area contributed by atoms with E-state index >= 15 is 0 Å². The molecule has 1 heterocycles. The smallest absolute Gasteiger partial charge is 0.328 e. The van der Waals surface area contributed by atoms with Crippen molar-refractivity contribution in [3.8, 4) is 5.69 Å². The first kappa shape index (κ1) is 18.4. The number of benzene rings is 1. The summed E-state index contributed by atoms with van der Waals surface area (Å²) in [5.74, 6) is -0.159. The van der Waals surface area contributed by atoms with Gasteiger partial charge in [0.25, 0.3) is 5.91 Å². The molecular weight excluding hydrogens is 398 g/mol. The van der Waals surface area contributed by atoms with Crippen LogP contribution in [0.5, 0.6) is 0 Å². The molecule has 10 heteroatoms. The van der Waals surface area contributed by atoms with Gasteiger partial charge in [0.15, 0.2) is 0 Å². The number of amides is 1. The standard InChI is InChI=1S/C14H16BrN5O3S/c1-23-14(22)11(5-6-24-2)17-13(21)10-7-9(15)3-4-12(10)20-8-16-18-19-20/h3-4,7-8,11H,5-6H2,1-2H3,(H,17,21). The van der Waals surface area contributed by atoms with Gasteiger partial charge < -0.3 is 10.1 Å². The number of thioether (sulfide) groups is 1. The molecule has 1 aromatic carbocycles. The molecule has 1 N–H and O–H groups in total. The molecule has 0 saturated carbocycles. The Labute approximate surface area is 151 Å². The minimum atomic E-state index is -0.712. The third kappa shape index (κ3) is 4.54. The summed E-state index contributed by atoms with van der Waals surface area (Å²) < 4.78 is 6.87. The molecule has 24 heavy (non-hydrogen) atoms. The SMILES string of the molecule is COC(=O)C(CCSC)NC(=O)c1cc(Br)ccc1-n1cnnn1. The molecule has 0 fully saturated rings. The molecule has 1 atom stereocenters. The van der Waals surface area contributed by atoms with Gasteiger partial charge >= 0.3 is 5.97 Å². The van der Waals surface area contributed by atoms with Crippen LogP contribution in [-0.2, 0) is 9.53 Å². The lowest BCUT2D eigenvalue weighted by atomic mass is 10.1. The van der Waals surface area contributed by atoms with Gasteiger partial charge in [0.2, 0.25) is 0 Å². The Hall–Kier alpha value is -1.94. The number of tetrazole rings is 1. The second-order valence-electron chi connectivity index (χ2n) is 4.75. The fourth-order valence-electron chi connectivity index (χ4n) is 2.02. The van der Waals surface area contributed by atoms with Gasteiger partial charge in [0.1, 0.15) is 12.4 Å². The average molecular weight is 414 g/mol. The van der Waals surface area contributed by atoms with Gasteiger partial charge in [0.05, 0.1) is 18.4 Å². The maximum Gasteiger partial charge on any atom is 0.328 e. The summed E-state index contributed by atoms with van der Waals surface area (Å²) in [5, 5.41) is 13.7. The Kier molecular flexibility index (Phi) is 6.73. The Morgan fingerprint density at radius 2 is 2.25 bits per heavy atom. The lowest BCUT2D eigenvalue weighted by Gasteiger charge is -2.17. The Bertz CT molecular complexity index is 710. The lowest BCUT2D eigenvalue weighted by molar-refractivity contribution is -0.142. The van der Waals surface area contributed by atoms with Crippen LogP contribution >= 0.6 is 27.7 Å². The highest BCUT2D eigenvalue weighted by molar-refractivity contribution is 9.10. The zero-order valence-corrected chi connectivity index (χ0v) is 15.5. The van der Waals surface area contributed by atoms with Gasteiger partial charge in [-0.2, -0.15) is 16.4 Å². The third-order valence-electron chi connectivity index (χ3n) is 3.20. The van der Waals surface area contributed by atoms with Gasteiger partial charge in [-0.1, -0.05) is 15.9 Å². The van der Waals surface area contributed by atoms with Crippen molar-refractivity contribution >= 4 is 39.6 Å². The number of ether oxygens (including phenoxy) is 1. The van der Waals surface area contributed by atoms with Crippen molar-refractivity contribution in [1.82, 2.24) is 25.5 Å². The van der Waals surface area contributed by atoms with Crippen LogP contribution in [0.1, 0.15) is 16.8 Å². The number of halogens is 1.